The zero-order chi connectivity index (χ0) is 57.5. The van der Waals surface area contributed by atoms with Crippen LogP contribution in [0.15, 0.2) is 0 Å². The molecule has 452 valence electrons. The Kier molecular flexibility index (Phi) is 41.6. The minimum atomic E-state index is -2.15. The Morgan fingerprint density at radius 2 is 0.816 bits per heavy atom. The van der Waals surface area contributed by atoms with Crippen molar-refractivity contribution in [2.75, 3.05) is 46.4 Å². The van der Waals surface area contributed by atoms with E-state index < -0.39 is 22.2 Å². The van der Waals surface area contributed by atoms with Crippen LogP contribution in [0, 0.1) is 5.92 Å². The molecule has 2 atom stereocenters. The molecule has 0 fully saturated rings. The van der Waals surface area contributed by atoms with Crippen LogP contribution in [0.25, 0.3) is 0 Å². The zero-order valence-electron chi connectivity index (χ0n) is 53.8. The molecular formula is C64H130N2O8Si2. The smallest absolute Gasteiger partial charge is 0.410 e. The van der Waals surface area contributed by atoms with Crippen molar-refractivity contribution >= 4 is 34.7 Å². The Labute approximate surface area is 474 Å². The predicted octanol–water partition coefficient (Wildman–Crippen LogP) is 19.2. The monoisotopic (exact) mass is 1110 g/mol. The maximum atomic E-state index is 13.6. The van der Waals surface area contributed by atoms with E-state index in [1.54, 1.807) is 4.90 Å². The third-order valence-electron chi connectivity index (χ3n) is 16.4. The highest BCUT2D eigenvalue weighted by molar-refractivity contribution is 6.74. The summed E-state index contributed by atoms with van der Waals surface area (Å²) < 4.78 is 32.2. The van der Waals surface area contributed by atoms with Crippen molar-refractivity contribution in [1.82, 2.24) is 9.80 Å². The van der Waals surface area contributed by atoms with Gasteiger partial charge in [0.1, 0.15) is 5.60 Å². The minimum absolute atomic E-state index is 0.0208. The van der Waals surface area contributed by atoms with E-state index in [-0.39, 0.29) is 46.2 Å². The van der Waals surface area contributed by atoms with E-state index >= 15 is 0 Å². The Balaban J connectivity index is 6.18. The Hall–Kier alpha value is -1.48. The molecule has 0 aromatic carbocycles. The van der Waals surface area contributed by atoms with E-state index in [9.17, 15) is 14.4 Å². The van der Waals surface area contributed by atoms with Crippen molar-refractivity contribution in [1.29, 1.82) is 0 Å². The van der Waals surface area contributed by atoms with Crippen LogP contribution < -0.4 is 0 Å². The van der Waals surface area contributed by atoms with Gasteiger partial charge in [-0.3, -0.25) is 14.5 Å². The van der Waals surface area contributed by atoms with Crippen LogP contribution >= 0.6 is 0 Å². The Bertz CT molecular complexity index is 1420. The van der Waals surface area contributed by atoms with Crippen molar-refractivity contribution in [3.63, 3.8) is 0 Å². The maximum absolute atomic E-state index is 13.6. The lowest BCUT2D eigenvalue weighted by Crippen LogP contribution is -2.50. The molecule has 0 rings (SSSR count). The second-order valence-corrected chi connectivity index (χ2v) is 36.6. The molecule has 2 unspecified atom stereocenters. The van der Waals surface area contributed by atoms with Crippen LogP contribution in [0.5, 0.6) is 0 Å². The van der Waals surface area contributed by atoms with E-state index in [1.807, 2.05) is 27.8 Å². The first-order valence-corrected chi connectivity index (χ1v) is 37.9. The van der Waals surface area contributed by atoms with Crippen LogP contribution in [-0.4, -0.2) is 109 Å². The molecule has 0 saturated carbocycles. The number of esters is 2. The molecule has 12 heteroatoms. The molecule has 0 aromatic rings. The van der Waals surface area contributed by atoms with Gasteiger partial charge in [-0.2, -0.15) is 0 Å². The predicted molar refractivity (Wildman–Crippen MR) is 330 cm³/mol. The van der Waals surface area contributed by atoms with Gasteiger partial charge in [-0.1, -0.05) is 191 Å². The summed E-state index contributed by atoms with van der Waals surface area (Å²) in [7, 11) is -2.46. The van der Waals surface area contributed by atoms with Gasteiger partial charge in [0.25, 0.3) is 0 Å². The van der Waals surface area contributed by atoms with Crippen molar-refractivity contribution in [3.8, 4) is 0 Å². The van der Waals surface area contributed by atoms with Gasteiger partial charge in [-0.15, -0.1) is 0 Å². The molecule has 10 nitrogen and oxygen atoms in total. The summed E-state index contributed by atoms with van der Waals surface area (Å²) in [5.41, 5.74) is -0.539. The topological polar surface area (TPSA) is 104 Å². The lowest BCUT2D eigenvalue weighted by molar-refractivity contribution is -0.149. The van der Waals surface area contributed by atoms with E-state index in [0.29, 0.717) is 26.2 Å². The number of hydrogen-bond acceptors (Lipinski definition) is 9. The fourth-order valence-electron chi connectivity index (χ4n) is 9.31. The normalized spacial score (nSPS) is 13.6. The van der Waals surface area contributed by atoms with Crippen molar-refractivity contribution in [2.45, 2.75) is 343 Å². The van der Waals surface area contributed by atoms with Gasteiger partial charge < -0.3 is 28.0 Å². The second kappa shape index (κ2) is 42.4. The molecule has 0 aromatic heterocycles. The number of rotatable bonds is 48. The van der Waals surface area contributed by atoms with E-state index in [2.05, 4.69) is 93.4 Å². The highest BCUT2D eigenvalue weighted by atomic mass is 28.4. The molecule has 0 heterocycles. The standard InChI is InChI=1S/C64H130N2O8Si2/c1-18-21-24-27-30-31-34-39-49-59(67)70-52-44-40-48-58(74-76(16,17)64(10,11)12)55-66(51-42-41-50-65(13)61(69)72-62(4,5)6)54-57(73-75(14,15)63(7,8)9)47-38-35-43-53-71-60(68)56(45-36-32-28-25-22-19-2)46-37-33-29-26-23-20-3/h56-58H,18-55H2,1-17H3. The van der Waals surface area contributed by atoms with Crippen LogP contribution in [-0.2, 0) is 32.7 Å². The Morgan fingerprint density at radius 1 is 0.447 bits per heavy atom. The number of unbranched alkanes of at least 4 members (excludes halogenated alkanes) is 21. The van der Waals surface area contributed by atoms with E-state index in [4.69, 9.17) is 23.1 Å². The SMILES string of the molecule is CCCCCCCCCCC(=O)OCCCCC(CN(CCCCN(C)C(=O)OC(C)(C)C)CC(CCCCCOC(=O)C(CCCCCCCC)CCCCCCCC)O[Si](C)(C)C(C)(C)C)O[Si](C)(C)C(C)(C)C. The quantitative estimate of drug-likeness (QED) is 0.0255. The van der Waals surface area contributed by atoms with Gasteiger partial charge in [0.2, 0.25) is 0 Å². The lowest BCUT2D eigenvalue weighted by Gasteiger charge is -2.42. The van der Waals surface area contributed by atoms with Gasteiger partial charge in [0, 0.05) is 33.1 Å². The Morgan fingerprint density at radius 3 is 1.26 bits per heavy atom. The molecule has 0 aliphatic carbocycles. The molecule has 76 heavy (non-hydrogen) atoms. The van der Waals surface area contributed by atoms with Gasteiger partial charge in [-0.25, -0.2) is 4.79 Å². The van der Waals surface area contributed by atoms with E-state index in [0.717, 1.165) is 116 Å². The van der Waals surface area contributed by atoms with Crippen LogP contribution in [0.3, 0.4) is 0 Å². The summed E-state index contributed by atoms with van der Waals surface area (Å²) in [6, 6.07) is 0. The van der Waals surface area contributed by atoms with E-state index in [1.165, 1.54) is 103 Å². The van der Waals surface area contributed by atoms with Crippen molar-refractivity contribution < 1.29 is 37.4 Å². The first kappa shape index (κ1) is 74.5. The molecule has 0 bridgehead atoms. The molecule has 0 aliphatic rings. The van der Waals surface area contributed by atoms with Crippen LogP contribution in [0.2, 0.25) is 36.3 Å². The summed E-state index contributed by atoms with van der Waals surface area (Å²) in [5.74, 6) is -0.0119. The van der Waals surface area contributed by atoms with Gasteiger partial charge >= 0.3 is 18.0 Å². The first-order valence-electron chi connectivity index (χ1n) is 32.0. The number of carbonyl (C=O) groups is 3. The van der Waals surface area contributed by atoms with Crippen LogP contribution in [0.1, 0.15) is 289 Å². The average Bonchev–Trinajstić information content (AvgIpc) is 3.31. The number of ether oxygens (including phenoxy) is 3. The number of amides is 1. The van der Waals surface area contributed by atoms with Gasteiger partial charge in [-0.05, 0) is 134 Å². The number of nitrogens with zero attached hydrogens (tertiary/aromatic N) is 2. The van der Waals surface area contributed by atoms with Crippen molar-refractivity contribution in [2.24, 2.45) is 5.92 Å². The number of carbonyl (C=O) groups excluding carboxylic acids is 3. The molecule has 0 spiro atoms. The second-order valence-electron chi connectivity index (χ2n) is 27.1. The first-order chi connectivity index (χ1) is 35.7. The molecular weight excluding hydrogens is 981 g/mol. The van der Waals surface area contributed by atoms with Crippen LogP contribution in [0.4, 0.5) is 4.79 Å². The minimum Gasteiger partial charge on any atom is -0.466 e. The largest absolute Gasteiger partial charge is 0.466 e. The fraction of sp³-hybridized carbons (Fsp3) is 0.953. The maximum Gasteiger partial charge on any atom is 0.410 e. The molecule has 0 saturated heterocycles. The fourth-order valence-corrected chi connectivity index (χ4v) is 12.1. The van der Waals surface area contributed by atoms with Crippen molar-refractivity contribution in [3.05, 3.63) is 0 Å². The molecule has 0 N–H and O–H groups in total. The molecule has 0 radical (unpaired) electrons. The lowest BCUT2D eigenvalue weighted by atomic mass is 9.94. The zero-order valence-corrected chi connectivity index (χ0v) is 55.8. The highest BCUT2D eigenvalue weighted by Gasteiger charge is 2.41. The third kappa shape index (κ3) is 39.0. The number of hydrogen-bond donors (Lipinski definition) is 0. The summed E-state index contributed by atoms with van der Waals surface area (Å²) in [5, 5.41) is 0.113. The average molecular weight is 1110 g/mol. The summed E-state index contributed by atoms with van der Waals surface area (Å²) in [4.78, 5) is 43.4. The highest BCUT2D eigenvalue weighted by Crippen LogP contribution is 2.39. The summed E-state index contributed by atoms with van der Waals surface area (Å²) in [6.07, 6.45) is 35.0. The molecule has 1 amide bonds. The summed E-state index contributed by atoms with van der Waals surface area (Å²) in [6.45, 7) is 39.9. The molecule has 0 aliphatic heterocycles. The van der Waals surface area contributed by atoms with Gasteiger partial charge in [0.05, 0.1) is 31.3 Å². The third-order valence-corrected chi connectivity index (χ3v) is 25.4. The van der Waals surface area contributed by atoms with Gasteiger partial charge in [0.15, 0.2) is 16.6 Å². The summed E-state index contributed by atoms with van der Waals surface area (Å²) >= 11 is 0.